The summed E-state index contributed by atoms with van der Waals surface area (Å²) in [5.41, 5.74) is 0. The zero-order chi connectivity index (χ0) is 63.3. The van der Waals surface area contributed by atoms with Crippen LogP contribution in [0.15, 0.2) is 0 Å². The number of hydrogen-bond donors (Lipinski definition) is 1. The normalized spacial score (nSPS) is 35.4. The van der Waals surface area contributed by atoms with Crippen LogP contribution in [0.4, 0.5) is 0 Å². The van der Waals surface area contributed by atoms with Crippen LogP contribution in [-0.2, 0) is 157 Å². The third-order valence-electron chi connectivity index (χ3n) is 12.5. The van der Waals surface area contributed by atoms with E-state index in [0.717, 1.165) is 83.1 Å². The van der Waals surface area contributed by atoms with Crippen LogP contribution in [0, 0.1) is 0 Å². The molecule has 22 atom stereocenters. The predicted octanol–water partition coefficient (Wildman–Crippen LogP) is -2.13. The lowest BCUT2D eigenvalue weighted by Crippen LogP contribution is -2.68. The van der Waals surface area contributed by atoms with Crippen molar-refractivity contribution in [2.75, 3.05) is 26.4 Å². The summed E-state index contributed by atoms with van der Waals surface area (Å²) in [6, 6.07) is 0. The summed E-state index contributed by atoms with van der Waals surface area (Å²) in [5, 5.41) is 11.1. The zero-order valence-electron chi connectivity index (χ0n) is 48.4. The molecule has 5 rings (SSSR count). The van der Waals surface area contributed by atoms with Gasteiger partial charge in [-0.15, -0.1) is 0 Å². The average Bonchev–Trinajstić information content (AvgIpc) is 2.73. The second-order valence-corrected chi connectivity index (χ2v) is 19.6. The maximum absolute atomic E-state index is 13.3. The Kier molecular flexibility index (Phi) is 25.2. The van der Waals surface area contributed by atoms with Crippen molar-refractivity contribution in [2.45, 2.75) is 225 Å². The first kappa shape index (κ1) is 69.0. The Hall–Kier alpha value is -6.76. The molecule has 85 heavy (non-hydrogen) atoms. The molecule has 0 aromatic rings. The molecule has 5 fully saturated rings. The molecule has 0 bridgehead atoms. The van der Waals surface area contributed by atoms with Gasteiger partial charge in [0.25, 0.3) is 0 Å². The van der Waals surface area contributed by atoms with E-state index >= 15 is 0 Å². The molecule has 1 N–H and O–H groups in total. The van der Waals surface area contributed by atoms with E-state index in [4.69, 9.17) is 99.5 Å². The first-order chi connectivity index (χ1) is 39.8. The number of hydrogen-bond acceptors (Lipinski definition) is 34. The molecule has 5 aliphatic rings. The van der Waals surface area contributed by atoms with Gasteiger partial charge in [-0.25, -0.2) is 0 Å². The number of esters is 12. The highest BCUT2D eigenvalue weighted by Gasteiger charge is 2.60. The van der Waals surface area contributed by atoms with Gasteiger partial charge in [0, 0.05) is 83.1 Å². The summed E-state index contributed by atoms with van der Waals surface area (Å²) in [7, 11) is 0. The van der Waals surface area contributed by atoms with E-state index in [1.54, 1.807) is 0 Å². The molecule has 34 nitrogen and oxygen atoms in total. The van der Waals surface area contributed by atoms with Gasteiger partial charge in [-0.2, -0.15) is 0 Å². The number of carbonyl (C=O) groups is 12. The number of ether oxygens (including phenoxy) is 21. The largest absolute Gasteiger partial charge is 0.463 e. The van der Waals surface area contributed by atoms with Gasteiger partial charge in [0.15, 0.2) is 105 Å². The highest BCUT2D eigenvalue weighted by Crippen LogP contribution is 2.39. The highest BCUT2D eigenvalue weighted by molar-refractivity contribution is 5.71. The lowest BCUT2D eigenvalue weighted by molar-refractivity contribution is -0.387. The van der Waals surface area contributed by atoms with Gasteiger partial charge in [0.2, 0.25) is 0 Å². The van der Waals surface area contributed by atoms with Gasteiger partial charge in [0.1, 0.15) is 31.0 Å². The van der Waals surface area contributed by atoms with Crippen molar-refractivity contribution >= 4 is 71.6 Å². The zero-order valence-corrected chi connectivity index (χ0v) is 48.4. The summed E-state index contributed by atoms with van der Waals surface area (Å²) >= 11 is 0. The van der Waals surface area contributed by atoms with Crippen molar-refractivity contribution in [1.29, 1.82) is 0 Å². The van der Waals surface area contributed by atoms with Gasteiger partial charge in [-0.05, 0) is 6.92 Å². The Bertz CT molecular complexity index is 2430. The number of aliphatic hydroxyl groups is 1. The van der Waals surface area contributed by atoms with E-state index < -0.39 is 233 Å². The summed E-state index contributed by atoms with van der Waals surface area (Å²) in [6.45, 7) is 10.5. The molecule has 0 aromatic carbocycles. The first-order valence-corrected chi connectivity index (χ1v) is 26.3. The van der Waals surface area contributed by atoms with E-state index in [9.17, 15) is 62.6 Å². The molecule has 34 heteroatoms. The summed E-state index contributed by atoms with van der Waals surface area (Å²) < 4.78 is 122. The average molecular weight is 1230 g/mol. The van der Waals surface area contributed by atoms with Crippen LogP contribution >= 0.6 is 0 Å². The van der Waals surface area contributed by atoms with Crippen molar-refractivity contribution in [3.8, 4) is 0 Å². The van der Waals surface area contributed by atoms with Crippen LogP contribution in [0.25, 0.3) is 0 Å². The van der Waals surface area contributed by atoms with Crippen LogP contribution in [-0.4, -0.2) is 238 Å². The van der Waals surface area contributed by atoms with Crippen LogP contribution in [0.3, 0.4) is 0 Å². The van der Waals surface area contributed by atoms with Crippen molar-refractivity contribution in [1.82, 2.24) is 0 Å². The SMILES string of the molecule is CC(=O)OC[C@H]1O[C@@H](O[C@@H]2[C@@H](OC(C)=O)[C@H](C)O[C@@H](O[C@@H]3[C@@H](OC(C)=O)[C@@H](OC(C)=O)CO[C@H]3O)[C@@H]2OC(C)=O)[C@H](OC(C)=O)[C@@H](OC(C)=O)[C@@H]1O[C@@H]1OC[C@H](OC(C)=O)[C@@H](O[C@@H]2OC[C@@H](OC(C)=O)[C@H](OC(C)=O)[C@H]2OC(C)=O)[C@H]1OC(C)=O. The Morgan fingerprint density at radius 3 is 1.06 bits per heavy atom. The predicted molar refractivity (Wildman–Crippen MR) is 262 cm³/mol. The fourth-order valence-electron chi connectivity index (χ4n) is 9.69. The fourth-order valence-corrected chi connectivity index (χ4v) is 9.69. The Morgan fingerprint density at radius 1 is 0.318 bits per heavy atom. The monoisotopic (exact) mass is 1230 g/mol. The van der Waals surface area contributed by atoms with Crippen LogP contribution in [0.5, 0.6) is 0 Å². The molecule has 5 saturated heterocycles. The van der Waals surface area contributed by atoms with Crippen molar-refractivity contribution < 1.29 is 162 Å². The number of carbonyl (C=O) groups excluding carboxylic acids is 12. The smallest absolute Gasteiger partial charge is 0.303 e. The molecule has 0 saturated carbocycles. The summed E-state index contributed by atoms with van der Waals surface area (Å²) in [4.78, 5) is 152. The number of aliphatic hydroxyl groups excluding tert-OH is 1. The number of rotatable bonds is 21. The van der Waals surface area contributed by atoms with E-state index in [1.165, 1.54) is 6.92 Å². The lowest BCUT2D eigenvalue weighted by Gasteiger charge is -2.50. The summed E-state index contributed by atoms with van der Waals surface area (Å²) in [5.74, 6) is -11.7. The van der Waals surface area contributed by atoms with Gasteiger partial charge in [-0.1, -0.05) is 0 Å². The van der Waals surface area contributed by atoms with E-state index in [0.29, 0.717) is 0 Å². The Morgan fingerprint density at radius 2 is 0.624 bits per heavy atom. The van der Waals surface area contributed by atoms with Gasteiger partial charge < -0.3 is 105 Å². The minimum absolute atomic E-state index is 0.499. The molecule has 0 aliphatic carbocycles. The second-order valence-electron chi connectivity index (χ2n) is 19.6. The molecular weight excluding hydrogens is 1160 g/mol. The molecular formula is C51H70O34. The molecule has 0 amide bonds. The molecule has 0 unspecified atom stereocenters. The fraction of sp³-hybridized carbons (Fsp3) is 0.765. The van der Waals surface area contributed by atoms with Gasteiger partial charge >= 0.3 is 71.6 Å². The van der Waals surface area contributed by atoms with Crippen LogP contribution in [0.1, 0.15) is 90.0 Å². The van der Waals surface area contributed by atoms with Crippen LogP contribution in [0.2, 0.25) is 0 Å². The standard InChI is InChI=1S/C51H70O34/c1-18-35(73-23(6)56)40(45(79-29(12)62)50(69-18)85-42-37(74-24(7)57)31(70-20(3)53)15-66-47(42)64)84-51-46(80-30(13)63)41(76-26(9)59)36(34(81-51)14-65-19(2)52)82-49-44(78-28(11)61)39(33(17-68-49)72-22(5)55)83-48-43(77-27(10)60)38(75-25(8)58)32(16-67-48)71-21(4)54/h18,31-51,64H,14-17H2,1-13H3/t18-,31-,32+,33-,34+,35-,36+,37-,38-,39+,40+,41-,42+,43+,44+,45+,46+,47+,48-,49-,50-,51-/m0/s1. The quantitative estimate of drug-likeness (QED) is 0.0947. The Labute approximate surface area is 484 Å². The molecule has 0 aromatic heterocycles. The van der Waals surface area contributed by atoms with Gasteiger partial charge in [-0.3, -0.25) is 57.5 Å². The van der Waals surface area contributed by atoms with E-state index in [-0.39, 0.29) is 0 Å². The molecule has 0 spiro atoms. The Balaban J connectivity index is 1.63. The molecule has 478 valence electrons. The first-order valence-electron chi connectivity index (χ1n) is 26.3. The van der Waals surface area contributed by atoms with Crippen molar-refractivity contribution in [3.05, 3.63) is 0 Å². The van der Waals surface area contributed by atoms with E-state index in [2.05, 4.69) is 0 Å². The molecule has 5 heterocycles. The molecule has 0 radical (unpaired) electrons. The van der Waals surface area contributed by atoms with Crippen molar-refractivity contribution in [2.24, 2.45) is 0 Å². The topological polar surface area (TPSA) is 419 Å². The van der Waals surface area contributed by atoms with E-state index in [1.807, 2.05) is 0 Å². The second kappa shape index (κ2) is 31.1. The highest BCUT2D eigenvalue weighted by atomic mass is 16.8. The van der Waals surface area contributed by atoms with Crippen LogP contribution < -0.4 is 0 Å². The minimum atomic E-state index is -2.13. The third kappa shape index (κ3) is 19.6. The third-order valence-corrected chi connectivity index (χ3v) is 12.5. The minimum Gasteiger partial charge on any atom is -0.463 e. The van der Waals surface area contributed by atoms with Gasteiger partial charge in [0.05, 0.1) is 25.9 Å². The lowest BCUT2D eigenvalue weighted by atomic mass is 9.95. The van der Waals surface area contributed by atoms with Crippen molar-refractivity contribution in [3.63, 3.8) is 0 Å². The maximum Gasteiger partial charge on any atom is 0.303 e. The molecule has 5 aliphatic heterocycles. The summed E-state index contributed by atoms with van der Waals surface area (Å²) in [6.07, 6.45) is -39.4. The maximum atomic E-state index is 13.3.